The second kappa shape index (κ2) is 3.89. The fraction of sp³-hybridized carbons (Fsp3) is 0.143. The van der Waals surface area contributed by atoms with Crippen molar-refractivity contribution >= 4 is 11.4 Å². The van der Waals surface area contributed by atoms with Gasteiger partial charge in [-0.15, -0.1) is 0 Å². The average molecular weight is 212 g/mol. The van der Waals surface area contributed by atoms with Crippen LogP contribution in [0, 0.1) is 13.8 Å². The lowest BCUT2D eigenvalue weighted by atomic mass is 9.97. The molecule has 2 rings (SSSR count). The van der Waals surface area contributed by atoms with Gasteiger partial charge in [-0.2, -0.15) is 0 Å². The lowest BCUT2D eigenvalue weighted by Crippen LogP contribution is -1.93. The van der Waals surface area contributed by atoms with Gasteiger partial charge in [0.15, 0.2) is 0 Å². The molecule has 0 spiro atoms. The van der Waals surface area contributed by atoms with E-state index in [0.717, 1.165) is 16.9 Å². The van der Waals surface area contributed by atoms with E-state index < -0.39 is 0 Å². The molecule has 0 radical (unpaired) electrons. The van der Waals surface area contributed by atoms with E-state index in [1.165, 1.54) is 16.7 Å². The fourth-order valence-corrected chi connectivity index (χ4v) is 1.81. The largest absolute Gasteiger partial charge is 0.399 e. The van der Waals surface area contributed by atoms with Crippen LogP contribution < -0.4 is 11.5 Å². The monoisotopic (exact) mass is 212 g/mol. The van der Waals surface area contributed by atoms with Gasteiger partial charge in [0.1, 0.15) is 0 Å². The molecule has 2 aromatic rings. The minimum absolute atomic E-state index is 0.786. The number of benzene rings is 2. The molecule has 0 unspecified atom stereocenters. The first-order chi connectivity index (χ1) is 7.58. The zero-order valence-corrected chi connectivity index (χ0v) is 9.62. The summed E-state index contributed by atoms with van der Waals surface area (Å²) in [6.07, 6.45) is 0. The number of rotatable bonds is 1. The van der Waals surface area contributed by atoms with E-state index in [-0.39, 0.29) is 0 Å². The first kappa shape index (κ1) is 10.6. The van der Waals surface area contributed by atoms with Gasteiger partial charge in [-0.05, 0) is 60.4 Å². The molecule has 2 aromatic carbocycles. The summed E-state index contributed by atoms with van der Waals surface area (Å²) in [5, 5.41) is 0. The van der Waals surface area contributed by atoms with Crippen molar-refractivity contribution < 1.29 is 0 Å². The van der Waals surface area contributed by atoms with Crippen molar-refractivity contribution in [3.63, 3.8) is 0 Å². The first-order valence-electron chi connectivity index (χ1n) is 5.30. The van der Waals surface area contributed by atoms with Gasteiger partial charge in [-0.3, -0.25) is 0 Å². The van der Waals surface area contributed by atoms with Gasteiger partial charge in [-0.1, -0.05) is 12.1 Å². The third-order valence-corrected chi connectivity index (χ3v) is 2.83. The standard InChI is InChI=1S/C14H16N2/c1-9-8-14(16)10(2)7-13(9)11-3-5-12(15)6-4-11/h3-8H,15-16H2,1-2H3. The van der Waals surface area contributed by atoms with E-state index in [9.17, 15) is 0 Å². The molecule has 2 heteroatoms. The number of hydrogen-bond acceptors (Lipinski definition) is 2. The predicted molar refractivity (Wildman–Crippen MR) is 70.2 cm³/mol. The molecule has 4 N–H and O–H groups in total. The molecule has 82 valence electrons. The Morgan fingerprint density at radius 1 is 0.812 bits per heavy atom. The van der Waals surface area contributed by atoms with Crippen LogP contribution in [-0.4, -0.2) is 0 Å². The normalized spacial score (nSPS) is 10.4. The molecule has 0 heterocycles. The Labute approximate surface area is 95.9 Å². The van der Waals surface area contributed by atoms with Gasteiger partial charge in [0.25, 0.3) is 0 Å². The SMILES string of the molecule is Cc1cc(-c2ccc(N)cc2)c(C)cc1N. The molecule has 0 fully saturated rings. The fourth-order valence-electron chi connectivity index (χ4n) is 1.81. The summed E-state index contributed by atoms with van der Waals surface area (Å²) in [6, 6.07) is 12.0. The molecule has 0 aliphatic heterocycles. The zero-order chi connectivity index (χ0) is 11.7. The molecule has 0 atom stereocenters. The van der Waals surface area contributed by atoms with E-state index >= 15 is 0 Å². The molecular weight excluding hydrogens is 196 g/mol. The maximum Gasteiger partial charge on any atom is 0.0346 e. The molecule has 0 aliphatic carbocycles. The number of nitrogen functional groups attached to an aromatic ring is 2. The minimum atomic E-state index is 0.786. The van der Waals surface area contributed by atoms with Gasteiger partial charge in [0, 0.05) is 11.4 Å². The highest BCUT2D eigenvalue weighted by Crippen LogP contribution is 2.28. The van der Waals surface area contributed by atoms with Crippen molar-refractivity contribution in [1.29, 1.82) is 0 Å². The quantitative estimate of drug-likeness (QED) is 0.713. The first-order valence-corrected chi connectivity index (χ1v) is 5.30. The number of nitrogens with two attached hydrogens (primary N) is 2. The van der Waals surface area contributed by atoms with Gasteiger partial charge in [0.05, 0.1) is 0 Å². The number of anilines is 2. The van der Waals surface area contributed by atoms with E-state index in [4.69, 9.17) is 11.5 Å². The van der Waals surface area contributed by atoms with E-state index in [1.54, 1.807) is 0 Å². The lowest BCUT2D eigenvalue weighted by Gasteiger charge is -2.10. The minimum Gasteiger partial charge on any atom is -0.399 e. The van der Waals surface area contributed by atoms with Gasteiger partial charge >= 0.3 is 0 Å². The maximum atomic E-state index is 5.87. The van der Waals surface area contributed by atoms with Crippen LogP contribution in [-0.2, 0) is 0 Å². The van der Waals surface area contributed by atoms with Crippen LogP contribution in [0.2, 0.25) is 0 Å². The molecule has 0 bridgehead atoms. The molecule has 0 saturated carbocycles. The summed E-state index contributed by atoms with van der Waals surface area (Å²) >= 11 is 0. The van der Waals surface area contributed by atoms with Crippen molar-refractivity contribution in [2.75, 3.05) is 11.5 Å². The topological polar surface area (TPSA) is 52.0 Å². The van der Waals surface area contributed by atoms with Crippen LogP contribution in [0.15, 0.2) is 36.4 Å². The van der Waals surface area contributed by atoms with Crippen LogP contribution in [0.1, 0.15) is 11.1 Å². The Balaban J connectivity index is 2.56. The maximum absolute atomic E-state index is 5.87. The number of aryl methyl sites for hydroxylation is 2. The van der Waals surface area contributed by atoms with Crippen LogP contribution in [0.25, 0.3) is 11.1 Å². The number of hydrogen-bond donors (Lipinski definition) is 2. The van der Waals surface area contributed by atoms with Crippen LogP contribution in [0.4, 0.5) is 11.4 Å². The highest BCUT2D eigenvalue weighted by atomic mass is 14.6. The summed E-state index contributed by atoms with van der Waals surface area (Å²) in [7, 11) is 0. The van der Waals surface area contributed by atoms with Crippen molar-refractivity contribution in [2.45, 2.75) is 13.8 Å². The van der Waals surface area contributed by atoms with Crippen LogP contribution >= 0.6 is 0 Å². The van der Waals surface area contributed by atoms with Crippen LogP contribution in [0.3, 0.4) is 0 Å². The molecule has 2 nitrogen and oxygen atoms in total. The van der Waals surface area contributed by atoms with E-state index in [2.05, 4.69) is 13.0 Å². The Morgan fingerprint density at radius 3 is 2.06 bits per heavy atom. The second-order valence-electron chi connectivity index (χ2n) is 4.15. The predicted octanol–water partition coefficient (Wildman–Crippen LogP) is 3.13. The van der Waals surface area contributed by atoms with Crippen LogP contribution in [0.5, 0.6) is 0 Å². The van der Waals surface area contributed by atoms with Gasteiger partial charge < -0.3 is 11.5 Å². The van der Waals surface area contributed by atoms with Gasteiger partial charge in [0.2, 0.25) is 0 Å². The van der Waals surface area contributed by atoms with E-state index in [0.29, 0.717) is 0 Å². The summed E-state index contributed by atoms with van der Waals surface area (Å²) in [4.78, 5) is 0. The molecule has 0 aliphatic rings. The summed E-state index contributed by atoms with van der Waals surface area (Å²) < 4.78 is 0. The van der Waals surface area contributed by atoms with Crippen molar-refractivity contribution in [2.24, 2.45) is 0 Å². The Kier molecular flexibility index (Phi) is 2.57. The lowest BCUT2D eigenvalue weighted by molar-refractivity contribution is 1.39. The summed E-state index contributed by atoms with van der Waals surface area (Å²) in [5.74, 6) is 0. The summed E-state index contributed by atoms with van der Waals surface area (Å²) in [6.45, 7) is 4.09. The molecule has 0 amide bonds. The Bertz CT molecular complexity index is 513. The molecular formula is C14H16N2. The smallest absolute Gasteiger partial charge is 0.0346 e. The third-order valence-electron chi connectivity index (χ3n) is 2.83. The van der Waals surface area contributed by atoms with Crippen molar-refractivity contribution in [3.8, 4) is 11.1 Å². The highest BCUT2D eigenvalue weighted by molar-refractivity contribution is 5.72. The highest BCUT2D eigenvalue weighted by Gasteiger charge is 2.04. The van der Waals surface area contributed by atoms with Crippen molar-refractivity contribution in [1.82, 2.24) is 0 Å². The second-order valence-corrected chi connectivity index (χ2v) is 4.15. The molecule has 0 saturated heterocycles. The Morgan fingerprint density at radius 2 is 1.44 bits per heavy atom. The third kappa shape index (κ3) is 1.87. The van der Waals surface area contributed by atoms with Gasteiger partial charge in [-0.25, -0.2) is 0 Å². The molecule has 0 aromatic heterocycles. The summed E-state index contributed by atoms with van der Waals surface area (Å²) in [5.41, 5.74) is 17.9. The van der Waals surface area contributed by atoms with E-state index in [1.807, 2.05) is 37.3 Å². The average Bonchev–Trinajstić information content (AvgIpc) is 2.25. The molecule has 16 heavy (non-hydrogen) atoms. The Hall–Kier alpha value is -1.96. The zero-order valence-electron chi connectivity index (χ0n) is 9.62. The van der Waals surface area contributed by atoms with Crippen molar-refractivity contribution in [3.05, 3.63) is 47.5 Å².